The first-order valence-electron chi connectivity index (χ1n) is 5.68. The molecule has 0 saturated heterocycles. The molecule has 0 aliphatic rings. The number of hydrogen-bond donors (Lipinski definition) is 1. The van der Waals surface area contributed by atoms with Crippen LogP contribution in [0.4, 0.5) is 0 Å². The smallest absolute Gasteiger partial charge is 0.0608 e. The molecule has 1 aromatic carbocycles. The molecule has 2 rings (SSSR count). The topological polar surface area (TPSA) is 29.9 Å². The highest BCUT2D eigenvalue weighted by atomic mass is 79.9. The van der Waals surface area contributed by atoms with E-state index in [0.717, 1.165) is 11.0 Å². The van der Waals surface area contributed by atoms with E-state index in [2.05, 4.69) is 51.5 Å². The van der Waals surface area contributed by atoms with Gasteiger partial charge in [-0.1, -0.05) is 35.0 Å². The molecule has 0 amide bonds. The zero-order valence-corrected chi connectivity index (χ0v) is 11.6. The molecule has 0 aliphatic heterocycles. The minimum Gasteiger partial charge on any atom is -0.306 e. The molecule has 3 nitrogen and oxygen atoms in total. The lowest BCUT2D eigenvalue weighted by molar-refractivity contribution is 0.629. The second-order valence-corrected chi connectivity index (χ2v) is 4.91. The van der Waals surface area contributed by atoms with Crippen molar-refractivity contribution in [2.45, 2.75) is 13.0 Å². The molecule has 1 N–H and O–H groups in total. The summed E-state index contributed by atoms with van der Waals surface area (Å²) in [6, 6.07) is 8.56. The average molecular weight is 294 g/mol. The van der Waals surface area contributed by atoms with Crippen molar-refractivity contribution in [3.8, 4) is 0 Å². The molecule has 0 spiro atoms. The molecule has 0 saturated carbocycles. The van der Waals surface area contributed by atoms with Gasteiger partial charge < -0.3 is 5.32 Å². The molecule has 1 aromatic heterocycles. The van der Waals surface area contributed by atoms with Crippen LogP contribution in [0, 0.1) is 0 Å². The molecular weight excluding hydrogens is 278 g/mol. The predicted octanol–water partition coefficient (Wildman–Crippen LogP) is 2.88. The van der Waals surface area contributed by atoms with Crippen LogP contribution in [0.3, 0.4) is 0 Å². The second-order valence-electron chi connectivity index (χ2n) is 3.99. The van der Waals surface area contributed by atoms with E-state index in [9.17, 15) is 0 Å². The zero-order chi connectivity index (χ0) is 12.3. The van der Waals surface area contributed by atoms with Crippen molar-refractivity contribution in [2.75, 3.05) is 6.54 Å². The first-order chi connectivity index (χ1) is 8.20. The first kappa shape index (κ1) is 12.3. The van der Waals surface area contributed by atoms with Crippen LogP contribution in [0.15, 0.2) is 41.1 Å². The zero-order valence-electron chi connectivity index (χ0n) is 10.0. The molecule has 17 heavy (non-hydrogen) atoms. The molecule has 0 aliphatic carbocycles. The van der Waals surface area contributed by atoms with Gasteiger partial charge >= 0.3 is 0 Å². The Balaban J connectivity index is 2.35. The Labute approximate surface area is 110 Å². The van der Waals surface area contributed by atoms with Crippen LogP contribution in [0.1, 0.15) is 24.1 Å². The van der Waals surface area contributed by atoms with E-state index in [0.29, 0.717) is 0 Å². The van der Waals surface area contributed by atoms with Crippen LogP contribution < -0.4 is 5.32 Å². The Kier molecular flexibility index (Phi) is 3.97. The summed E-state index contributed by atoms with van der Waals surface area (Å²) in [6.45, 7) is 3.04. The molecule has 0 fully saturated rings. The fraction of sp³-hybridized carbons (Fsp3) is 0.308. The maximum Gasteiger partial charge on any atom is 0.0608 e. The number of rotatable bonds is 4. The molecule has 0 bridgehead atoms. The van der Waals surface area contributed by atoms with Crippen LogP contribution in [-0.4, -0.2) is 16.3 Å². The lowest BCUT2D eigenvalue weighted by atomic mass is 10.0. The Hall–Kier alpha value is -1.13. The molecule has 0 radical (unpaired) electrons. The minimum atomic E-state index is 0.200. The van der Waals surface area contributed by atoms with E-state index in [1.54, 1.807) is 0 Å². The van der Waals surface area contributed by atoms with Gasteiger partial charge in [0.1, 0.15) is 0 Å². The summed E-state index contributed by atoms with van der Waals surface area (Å²) in [6.07, 6.45) is 3.96. The maximum absolute atomic E-state index is 4.23. The third-order valence-electron chi connectivity index (χ3n) is 2.65. The highest BCUT2D eigenvalue weighted by Gasteiger charge is 2.14. The predicted molar refractivity (Wildman–Crippen MR) is 72.9 cm³/mol. The van der Waals surface area contributed by atoms with Gasteiger partial charge in [-0.3, -0.25) is 4.68 Å². The van der Waals surface area contributed by atoms with Crippen LogP contribution >= 0.6 is 15.9 Å². The van der Waals surface area contributed by atoms with Gasteiger partial charge in [0.2, 0.25) is 0 Å². The lowest BCUT2D eigenvalue weighted by Gasteiger charge is -2.17. The number of halogens is 1. The number of hydrogen-bond acceptors (Lipinski definition) is 2. The molecule has 4 heteroatoms. The molecule has 90 valence electrons. The van der Waals surface area contributed by atoms with Crippen molar-refractivity contribution in [2.24, 2.45) is 7.05 Å². The summed E-state index contributed by atoms with van der Waals surface area (Å²) < 4.78 is 2.93. The largest absolute Gasteiger partial charge is 0.306 e. The van der Waals surface area contributed by atoms with E-state index >= 15 is 0 Å². The van der Waals surface area contributed by atoms with Gasteiger partial charge in [0.05, 0.1) is 12.2 Å². The number of aryl methyl sites for hydroxylation is 1. The summed E-state index contributed by atoms with van der Waals surface area (Å²) in [7, 11) is 1.94. The van der Waals surface area contributed by atoms with E-state index in [1.165, 1.54) is 11.1 Å². The number of nitrogens with zero attached hydrogens (tertiary/aromatic N) is 2. The minimum absolute atomic E-state index is 0.200. The van der Waals surface area contributed by atoms with Crippen molar-refractivity contribution in [1.29, 1.82) is 0 Å². The molecule has 2 aromatic rings. The quantitative estimate of drug-likeness (QED) is 0.939. The Morgan fingerprint density at radius 2 is 2.24 bits per heavy atom. The maximum atomic E-state index is 4.23. The van der Waals surface area contributed by atoms with Crippen molar-refractivity contribution >= 4 is 15.9 Å². The van der Waals surface area contributed by atoms with E-state index in [4.69, 9.17) is 0 Å². The molecule has 1 unspecified atom stereocenters. The van der Waals surface area contributed by atoms with Gasteiger partial charge in [0.15, 0.2) is 0 Å². The lowest BCUT2D eigenvalue weighted by Crippen LogP contribution is -2.21. The molecule has 1 heterocycles. The molecular formula is C13H16BrN3. The summed E-state index contributed by atoms with van der Waals surface area (Å²) in [5, 5.41) is 7.71. The highest BCUT2D eigenvalue weighted by Crippen LogP contribution is 2.24. The number of aromatic nitrogens is 2. The average Bonchev–Trinajstić information content (AvgIpc) is 2.72. The number of benzene rings is 1. The van der Waals surface area contributed by atoms with Gasteiger partial charge in [-0.2, -0.15) is 5.10 Å². The van der Waals surface area contributed by atoms with Crippen molar-refractivity contribution < 1.29 is 0 Å². The fourth-order valence-corrected chi connectivity index (χ4v) is 2.32. The van der Waals surface area contributed by atoms with Gasteiger partial charge in [-0.15, -0.1) is 0 Å². The summed E-state index contributed by atoms with van der Waals surface area (Å²) in [5.74, 6) is 0. The first-order valence-corrected chi connectivity index (χ1v) is 6.47. The van der Waals surface area contributed by atoms with Crippen LogP contribution in [0.5, 0.6) is 0 Å². The Morgan fingerprint density at radius 1 is 1.41 bits per heavy atom. The van der Waals surface area contributed by atoms with Crippen LogP contribution in [0.25, 0.3) is 0 Å². The Morgan fingerprint density at radius 3 is 2.82 bits per heavy atom. The van der Waals surface area contributed by atoms with Gasteiger partial charge in [-0.25, -0.2) is 0 Å². The van der Waals surface area contributed by atoms with Crippen LogP contribution in [0.2, 0.25) is 0 Å². The monoisotopic (exact) mass is 293 g/mol. The summed E-state index contributed by atoms with van der Waals surface area (Å²) >= 11 is 3.51. The summed E-state index contributed by atoms with van der Waals surface area (Å²) in [4.78, 5) is 0. The molecule has 1 atom stereocenters. The van der Waals surface area contributed by atoms with Gasteiger partial charge in [0, 0.05) is 23.3 Å². The highest BCUT2D eigenvalue weighted by molar-refractivity contribution is 9.10. The SMILES string of the molecule is CCNC(c1cccc(Br)c1)c1cnn(C)c1. The second kappa shape index (κ2) is 5.47. The standard InChI is InChI=1S/C13H16BrN3/c1-3-15-13(11-8-16-17(2)9-11)10-5-4-6-12(14)7-10/h4-9,13,15H,3H2,1-2H3. The number of nitrogens with one attached hydrogen (secondary N) is 1. The van der Waals surface area contributed by atoms with Gasteiger partial charge in [-0.05, 0) is 24.2 Å². The van der Waals surface area contributed by atoms with Crippen molar-refractivity contribution in [3.63, 3.8) is 0 Å². The normalized spacial score (nSPS) is 12.6. The third-order valence-corrected chi connectivity index (χ3v) is 3.14. The summed E-state index contributed by atoms with van der Waals surface area (Å²) in [5.41, 5.74) is 2.43. The third kappa shape index (κ3) is 2.96. The van der Waals surface area contributed by atoms with E-state index in [1.807, 2.05) is 30.2 Å². The van der Waals surface area contributed by atoms with Gasteiger partial charge in [0.25, 0.3) is 0 Å². The van der Waals surface area contributed by atoms with Crippen molar-refractivity contribution in [1.82, 2.24) is 15.1 Å². The van der Waals surface area contributed by atoms with Crippen LogP contribution in [-0.2, 0) is 7.05 Å². The van der Waals surface area contributed by atoms with E-state index in [-0.39, 0.29) is 6.04 Å². The Bertz CT molecular complexity index is 493. The van der Waals surface area contributed by atoms with E-state index < -0.39 is 0 Å². The van der Waals surface area contributed by atoms with Crippen molar-refractivity contribution in [3.05, 3.63) is 52.3 Å². The fourth-order valence-electron chi connectivity index (χ4n) is 1.91.